The zero-order chi connectivity index (χ0) is 22.9. The number of imidazole rings is 1. The SMILES string of the molecule is O=C(OCCO)c1ccc(Oc2nccn3c(-c4conc4C(F)(F)F)cnc23)cc1O. The number of rotatable bonds is 6. The third-order valence-electron chi connectivity index (χ3n) is 4.24. The molecule has 32 heavy (non-hydrogen) atoms. The fraction of sp³-hybridized carbons (Fsp3) is 0.158. The fourth-order valence-electron chi connectivity index (χ4n) is 2.86. The van der Waals surface area contributed by atoms with E-state index in [1.807, 2.05) is 0 Å². The molecule has 166 valence electrons. The first-order chi connectivity index (χ1) is 15.3. The van der Waals surface area contributed by atoms with Gasteiger partial charge in [-0.3, -0.25) is 4.40 Å². The Morgan fingerprint density at radius 3 is 2.78 bits per heavy atom. The molecule has 4 rings (SSSR count). The van der Waals surface area contributed by atoms with Crippen LogP contribution in [0.25, 0.3) is 16.9 Å². The van der Waals surface area contributed by atoms with Crippen LogP contribution in [0.4, 0.5) is 13.2 Å². The predicted molar refractivity (Wildman–Crippen MR) is 99.0 cm³/mol. The molecule has 10 nitrogen and oxygen atoms in total. The number of alkyl halides is 3. The van der Waals surface area contributed by atoms with Gasteiger partial charge < -0.3 is 24.2 Å². The minimum Gasteiger partial charge on any atom is -0.507 e. The Bertz CT molecular complexity index is 1280. The summed E-state index contributed by atoms with van der Waals surface area (Å²) in [5.41, 5.74) is -1.53. The molecule has 0 spiro atoms. The fourth-order valence-corrected chi connectivity index (χ4v) is 2.86. The smallest absolute Gasteiger partial charge is 0.437 e. The number of nitrogens with zero attached hydrogens (tertiary/aromatic N) is 4. The summed E-state index contributed by atoms with van der Waals surface area (Å²) in [5.74, 6) is -1.28. The maximum absolute atomic E-state index is 13.2. The molecule has 0 fully saturated rings. The molecule has 0 aliphatic carbocycles. The molecule has 0 radical (unpaired) electrons. The molecule has 0 aliphatic heterocycles. The topological polar surface area (TPSA) is 132 Å². The second kappa shape index (κ2) is 8.19. The number of esters is 1. The van der Waals surface area contributed by atoms with Gasteiger partial charge in [-0.25, -0.2) is 14.8 Å². The van der Waals surface area contributed by atoms with Gasteiger partial charge in [-0.1, -0.05) is 5.16 Å². The summed E-state index contributed by atoms with van der Waals surface area (Å²) >= 11 is 0. The van der Waals surface area contributed by atoms with Crippen LogP contribution < -0.4 is 4.74 Å². The van der Waals surface area contributed by atoms with E-state index in [0.717, 1.165) is 12.3 Å². The van der Waals surface area contributed by atoms with Crippen LogP contribution in [0, 0.1) is 0 Å². The zero-order valence-corrected chi connectivity index (χ0v) is 15.9. The normalized spacial score (nSPS) is 11.6. The number of ether oxygens (including phenoxy) is 2. The summed E-state index contributed by atoms with van der Waals surface area (Å²) in [6.45, 7) is -0.595. The maximum atomic E-state index is 13.2. The van der Waals surface area contributed by atoms with Crippen molar-refractivity contribution in [2.24, 2.45) is 0 Å². The highest BCUT2D eigenvalue weighted by Gasteiger charge is 2.38. The molecule has 13 heteroatoms. The third-order valence-corrected chi connectivity index (χ3v) is 4.24. The first kappa shape index (κ1) is 21.1. The van der Waals surface area contributed by atoms with E-state index in [-0.39, 0.29) is 47.3 Å². The highest BCUT2D eigenvalue weighted by atomic mass is 19.4. The Labute approximate surface area is 176 Å². The van der Waals surface area contributed by atoms with Gasteiger partial charge in [0.05, 0.1) is 24.1 Å². The van der Waals surface area contributed by atoms with Gasteiger partial charge >= 0.3 is 12.1 Å². The number of halogens is 3. The molecule has 4 aromatic rings. The van der Waals surface area contributed by atoms with Gasteiger partial charge in [0.25, 0.3) is 5.88 Å². The van der Waals surface area contributed by atoms with Crippen LogP contribution in [0.1, 0.15) is 16.1 Å². The molecule has 1 aromatic carbocycles. The van der Waals surface area contributed by atoms with Crippen LogP contribution in [0.5, 0.6) is 17.4 Å². The van der Waals surface area contributed by atoms with Gasteiger partial charge in [0.15, 0.2) is 5.69 Å². The molecule has 3 aromatic heterocycles. The van der Waals surface area contributed by atoms with Crippen LogP contribution >= 0.6 is 0 Å². The summed E-state index contributed by atoms with van der Waals surface area (Å²) in [6.07, 6.45) is -0.0100. The van der Waals surface area contributed by atoms with Crippen molar-refractivity contribution in [3.05, 3.63) is 54.3 Å². The predicted octanol–water partition coefficient (Wildman–Crippen LogP) is 3.05. The minimum atomic E-state index is -4.73. The Kier molecular flexibility index (Phi) is 5.40. The van der Waals surface area contributed by atoms with E-state index in [0.29, 0.717) is 0 Å². The second-order valence-corrected chi connectivity index (χ2v) is 6.28. The summed E-state index contributed by atoms with van der Waals surface area (Å²) in [5, 5.41) is 21.8. The summed E-state index contributed by atoms with van der Waals surface area (Å²) in [4.78, 5) is 19.9. The number of aliphatic hydroxyl groups excluding tert-OH is 1. The van der Waals surface area contributed by atoms with Gasteiger partial charge in [-0.15, -0.1) is 0 Å². The minimum absolute atomic E-state index is 0.0469. The van der Waals surface area contributed by atoms with Crippen LogP contribution in [0.3, 0.4) is 0 Å². The Morgan fingerprint density at radius 1 is 1.25 bits per heavy atom. The van der Waals surface area contributed by atoms with E-state index in [4.69, 9.17) is 14.6 Å². The quantitative estimate of drug-likeness (QED) is 0.425. The molecule has 2 N–H and O–H groups in total. The number of aliphatic hydroxyl groups is 1. The second-order valence-electron chi connectivity index (χ2n) is 6.28. The first-order valence-electron chi connectivity index (χ1n) is 8.92. The molecule has 0 bridgehead atoms. The Morgan fingerprint density at radius 2 is 2.06 bits per heavy atom. The lowest BCUT2D eigenvalue weighted by Gasteiger charge is -2.09. The van der Waals surface area contributed by atoms with Crippen molar-refractivity contribution in [2.45, 2.75) is 6.18 Å². The lowest BCUT2D eigenvalue weighted by molar-refractivity contribution is -0.142. The van der Waals surface area contributed by atoms with Crippen LogP contribution in [0.15, 0.2) is 47.6 Å². The third kappa shape index (κ3) is 3.92. The van der Waals surface area contributed by atoms with E-state index >= 15 is 0 Å². The molecule has 3 heterocycles. The van der Waals surface area contributed by atoms with Crippen LogP contribution in [-0.2, 0) is 10.9 Å². The average Bonchev–Trinajstić information content (AvgIpc) is 3.39. The largest absolute Gasteiger partial charge is 0.507 e. The molecule has 0 aliphatic rings. The molecule has 0 saturated carbocycles. The van der Waals surface area contributed by atoms with Crippen molar-refractivity contribution in [3.63, 3.8) is 0 Å². The number of aromatic nitrogens is 4. The highest BCUT2D eigenvalue weighted by Crippen LogP contribution is 2.37. The number of fused-ring (bicyclic) bond motifs is 1. The van der Waals surface area contributed by atoms with Crippen molar-refractivity contribution in [1.29, 1.82) is 0 Å². The summed E-state index contributed by atoms with van der Waals surface area (Å²) < 4.78 is 55.7. The average molecular weight is 450 g/mol. The van der Waals surface area contributed by atoms with Crippen molar-refractivity contribution in [3.8, 4) is 28.6 Å². The number of phenols is 1. The van der Waals surface area contributed by atoms with Gasteiger partial charge in [-0.05, 0) is 12.1 Å². The number of aromatic hydroxyl groups is 1. The molecular weight excluding hydrogens is 437 g/mol. The summed E-state index contributed by atoms with van der Waals surface area (Å²) in [6, 6.07) is 3.73. The monoisotopic (exact) mass is 450 g/mol. The van der Waals surface area contributed by atoms with Gasteiger partial charge in [0, 0.05) is 18.5 Å². The van der Waals surface area contributed by atoms with Crippen molar-refractivity contribution >= 4 is 11.6 Å². The first-order valence-corrected chi connectivity index (χ1v) is 8.92. The van der Waals surface area contributed by atoms with Crippen molar-refractivity contribution < 1.29 is 42.2 Å². The molecule has 0 saturated heterocycles. The highest BCUT2D eigenvalue weighted by molar-refractivity contribution is 5.92. The number of carbonyl (C=O) groups excluding carboxylic acids is 1. The lowest BCUT2D eigenvalue weighted by atomic mass is 10.2. The molecular formula is C19H13F3N4O6. The van der Waals surface area contributed by atoms with E-state index in [1.54, 1.807) is 0 Å². The standard InChI is InChI=1S/C19H13F3N4O6/c20-19(21,22)15-12(9-31-25-15)13-8-24-16-17(23-3-4-26(13)16)32-10-1-2-11(14(28)7-10)18(29)30-6-5-27/h1-4,7-9,27-28H,5-6H2. The number of hydrogen-bond acceptors (Lipinski definition) is 9. The summed E-state index contributed by atoms with van der Waals surface area (Å²) in [7, 11) is 0. The van der Waals surface area contributed by atoms with Gasteiger partial charge in [0.1, 0.15) is 29.9 Å². The van der Waals surface area contributed by atoms with Crippen LogP contribution in [0.2, 0.25) is 0 Å². The number of hydrogen-bond donors (Lipinski definition) is 2. The van der Waals surface area contributed by atoms with Crippen molar-refractivity contribution in [2.75, 3.05) is 13.2 Å². The lowest BCUT2D eigenvalue weighted by Crippen LogP contribution is -2.09. The van der Waals surface area contributed by atoms with E-state index in [1.165, 1.54) is 35.1 Å². The maximum Gasteiger partial charge on any atom is 0.437 e. The van der Waals surface area contributed by atoms with E-state index < -0.39 is 23.6 Å². The van der Waals surface area contributed by atoms with Gasteiger partial charge in [0.2, 0.25) is 5.65 Å². The number of phenolic OH excluding ortho intramolecular Hbond substituents is 1. The Hall–Kier alpha value is -4.13. The van der Waals surface area contributed by atoms with Crippen molar-refractivity contribution in [1.82, 2.24) is 19.5 Å². The molecule has 0 atom stereocenters. The molecule has 0 amide bonds. The van der Waals surface area contributed by atoms with Crippen LogP contribution in [-0.4, -0.2) is 48.9 Å². The van der Waals surface area contributed by atoms with E-state index in [2.05, 4.69) is 19.6 Å². The van der Waals surface area contributed by atoms with E-state index in [9.17, 15) is 23.1 Å². The Balaban J connectivity index is 1.65. The van der Waals surface area contributed by atoms with Gasteiger partial charge in [-0.2, -0.15) is 13.2 Å². The number of benzene rings is 1. The zero-order valence-electron chi connectivity index (χ0n) is 15.9. The number of carbonyl (C=O) groups is 1. The molecule has 0 unspecified atom stereocenters.